The number of rotatable bonds is 6. The summed E-state index contributed by atoms with van der Waals surface area (Å²) in [7, 11) is 0. The van der Waals surface area contributed by atoms with E-state index in [1.807, 2.05) is 0 Å². The van der Waals surface area contributed by atoms with E-state index >= 15 is 0 Å². The molecule has 0 unspecified atom stereocenters. The van der Waals surface area contributed by atoms with Crippen molar-refractivity contribution in [3.63, 3.8) is 0 Å². The van der Waals surface area contributed by atoms with Crippen LogP contribution in [-0.4, -0.2) is 49.5 Å². The molecule has 1 N–H and O–H groups in total. The van der Waals surface area contributed by atoms with Crippen LogP contribution in [0.15, 0.2) is 49.1 Å². The molecule has 3 aromatic rings. The average Bonchev–Trinajstić information content (AvgIpc) is 3.38. The van der Waals surface area contributed by atoms with E-state index in [1.54, 1.807) is 24.0 Å². The number of hydrogen-bond acceptors (Lipinski definition) is 6. The summed E-state index contributed by atoms with van der Waals surface area (Å²) in [6.45, 7) is 2.62. The molecule has 11 heteroatoms. The van der Waals surface area contributed by atoms with Crippen LogP contribution in [0.2, 0.25) is 0 Å². The second kappa shape index (κ2) is 9.77. The number of carbonyl (C=O) groups is 2. The molecule has 1 fully saturated rings. The standard InChI is InChI=1S/C23H23FN6O4/c1-15-2-3-16(10-19(15)24)12-26-22(31)17-6-8-28(9-7-17)23(32)18-4-5-20(21(11-18)30(33)34)29-14-25-13-27-29/h2-5,10-11,13-14,17H,6-9,12H2,1H3,(H,26,31). The van der Waals surface area contributed by atoms with Crippen molar-refractivity contribution >= 4 is 17.5 Å². The first-order chi connectivity index (χ1) is 16.3. The van der Waals surface area contributed by atoms with Crippen LogP contribution in [0.4, 0.5) is 10.1 Å². The number of likely N-dealkylation sites (tertiary alicyclic amines) is 1. The highest BCUT2D eigenvalue weighted by Gasteiger charge is 2.29. The van der Waals surface area contributed by atoms with Crippen molar-refractivity contribution in [3.8, 4) is 5.69 Å². The van der Waals surface area contributed by atoms with Crippen molar-refractivity contribution in [2.24, 2.45) is 5.92 Å². The van der Waals surface area contributed by atoms with E-state index in [-0.39, 0.29) is 47.0 Å². The fraction of sp³-hybridized carbons (Fsp3) is 0.304. The minimum atomic E-state index is -0.565. The Hall–Kier alpha value is -4.15. The van der Waals surface area contributed by atoms with Crippen molar-refractivity contribution in [1.29, 1.82) is 0 Å². The number of halogens is 1. The molecule has 1 aliphatic rings. The first-order valence-corrected chi connectivity index (χ1v) is 10.8. The lowest BCUT2D eigenvalue weighted by Crippen LogP contribution is -2.43. The second-order valence-corrected chi connectivity index (χ2v) is 8.17. The van der Waals surface area contributed by atoms with Gasteiger partial charge in [0.05, 0.1) is 4.92 Å². The van der Waals surface area contributed by atoms with E-state index in [2.05, 4.69) is 15.4 Å². The fourth-order valence-corrected chi connectivity index (χ4v) is 3.94. The van der Waals surface area contributed by atoms with E-state index in [4.69, 9.17) is 0 Å². The van der Waals surface area contributed by atoms with E-state index in [0.717, 1.165) is 0 Å². The van der Waals surface area contributed by atoms with Gasteiger partial charge in [0.2, 0.25) is 5.91 Å². The maximum absolute atomic E-state index is 13.7. The van der Waals surface area contributed by atoms with Gasteiger partial charge in [-0.1, -0.05) is 12.1 Å². The van der Waals surface area contributed by atoms with Gasteiger partial charge in [0.15, 0.2) is 0 Å². The number of benzene rings is 2. The zero-order valence-electron chi connectivity index (χ0n) is 18.5. The molecule has 0 radical (unpaired) electrons. The summed E-state index contributed by atoms with van der Waals surface area (Å²) in [6.07, 6.45) is 3.55. The Morgan fingerprint density at radius 2 is 1.97 bits per heavy atom. The Morgan fingerprint density at radius 3 is 2.62 bits per heavy atom. The van der Waals surface area contributed by atoms with Gasteiger partial charge in [0, 0.05) is 37.2 Å². The molecular formula is C23H23FN6O4. The molecule has 0 spiro atoms. The zero-order chi connectivity index (χ0) is 24.2. The molecule has 1 aliphatic heterocycles. The van der Waals surface area contributed by atoms with Crippen molar-refractivity contribution in [2.75, 3.05) is 13.1 Å². The lowest BCUT2D eigenvalue weighted by molar-refractivity contribution is -0.384. The first-order valence-electron chi connectivity index (χ1n) is 10.8. The fourth-order valence-electron chi connectivity index (χ4n) is 3.94. The molecule has 0 saturated carbocycles. The molecule has 2 aromatic carbocycles. The average molecular weight is 466 g/mol. The number of aryl methyl sites for hydroxylation is 1. The predicted octanol–water partition coefficient (Wildman–Crippen LogP) is 2.79. The molecule has 1 saturated heterocycles. The largest absolute Gasteiger partial charge is 0.352 e. The van der Waals surface area contributed by atoms with E-state index in [1.165, 1.54) is 41.6 Å². The van der Waals surface area contributed by atoms with Gasteiger partial charge >= 0.3 is 0 Å². The number of piperidine rings is 1. The monoisotopic (exact) mass is 466 g/mol. The van der Waals surface area contributed by atoms with Crippen LogP contribution in [0.5, 0.6) is 0 Å². The number of nitro groups is 1. The summed E-state index contributed by atoms with van der Waals surface area (Å²) in [5.74, 6) is -1.04. The number of carbonyl (C=O) groups excluding carboxylic acids is 2. The van der Waals surface area contributed by atoms with Crippen LogP contribution in [-0.2, 0) is 11.3 Å². The SMILES string of the molecule is Cc1ccc(CNC(=O)C2CCN(C(=O)c3ccc(-n4cncn4)c([N+](=O)[O-])c3)CC2)cc1F. The molecule has 0 aliphatic carbocycles. The Morgan fingerprint density at radius 1 is 1.21 bits per heavy atom. The predicted molar refractivity (Wildman–Crippen MR) is 120 cm³/mol. The molecule has 1 aromatic heterocycles. The van der Waals surface area contributed by atoms with Gasteiger partial charge in [-0.15, -0.1) is 0 Å². The molecular weight excluding hydrogens is 443 g/mol. The third-order valence-electron chi connectivity index (χ3n) is 5.94. The van der Waals surface area contributed by atoms with Crippen LogP contribution in [0.25, 0.3) is 5.69 Å². The minimum Gasteiger partial charge on any atom is -0.352 e. The van der Waals surface area contributed by atoms with Gasteiger partial charge < -0.3 is 10.2 Å². The van der Waals surface area contributed by atoms with Crippen LogP contribution in [0, 0.1) is 28.8 Å². The maximum Gasteiger partial charge on any atom is 0.295 e. The number of amides is 2. The van der Waals surface area contributed by atoms with E-state index in [0.29, 0.717) is 37.1 Å². The van der Waals surface area contributed by atoms with Gasteiger partial charge in [-0.05, 0) is 49.1 Å². The normalized spacial score (nSPS) is 14.1. The lowest BCUT2D eigenvalue weighted by atomic mass is 9.95. The number of hydrogen-bond donors (Lipinski definition) is 1. The molecule has 4 rings (SSSR count). The molecule has 2 amide bonds. The minimum absolute atomic E-state index is 0.138. The van der Waals surface area contributed by atoms with Crippen molar-refractivity contribution < 1.29 is 18.9 Å². The number of nitrogens with one attached hydrogen (secondary N) is 1. The van der Waals surface area contributed by atoms with Crippen LogP contribution < -0.4 is 5.32 Å². The summed E-state index contributed by atoms with van der Waals surface area (Å²) in [5, 5.41) is 18.3. The summed E-state index contributed by atoms with van der Waals surface area (Å²) in [5.41, 5.74) is 1.38. The Bertz CT molecular complexity index is 1220. The van der Waals surface area contributed by atoms with Gasteiger partial charge in [0.25, 0.3) is 11.6 Å². The van der Waals surface area contributed by atoms with Crippen molar-refractivity contribution in [2.45, 2.75) is 26.3 Å². The highest BCUT2D eigenvalue weighted by atomic mass is 19.1. The zero-order valence-corrected chi connectivity index (χ0v) is 18.5. The molecule has 10 nitrogen and oxygen atoms in total. The second-order valence-electron chi connectivity index (χ2n) is 8.17. The summed E-state index contributed by atoms with van der Waals surface area (Å²) >= 11 is 0. The molecule has 0 atom stereocenters. The van der Waals surface area contributed by atoms with Gasteiger partial charge in [-0.2, -0.15) is 5.10 Å². The highest BCUT2D eigenvalue weighted by Crippen LogP contribution is 2.26. The third-order valence-corrected chi connectivity index (χ3v) is 5.94. The maximum atomic E-state index is 13.7. The summed E-state index contributed by atoms with van der Waals surface area (Å²) < 4.78 is 15.0. The van der Waals surface area contributed by atoms with Gasteiger partial charge in [-0.25, -0.2) is 14.1 Å². The molecule has 34 heavy (non-hydrogen) atoms. The van der Waals surface area contributed by atoms with E-state index < -0.39 is 4.92 Å². The van der Waals surface area contributed by atoms with Crippen molar-refractivity contribution in [3.05, 3.63) is 81.7 Å². The van der Waals surface area contributed by atoms with Crippen LogP contribution in [0.3, 0.4) is 0 Å². The lowest BCUT2D eigenvalue weighted by Gasteiger charge is -2.31. The summed E-state index contributed by atoms with van der Waals surface area (Å²) in [4.78, 5) is 41.9. The Labute approximate surface area is 194 Å². The topological polar surface area (TPSA) is 123 Å². The number of nitrogens with zero attached hydrogens (tertiary/aromatic N) is 5. The van der Waals surface area contributed by atoms with E-state index in [9.17, 15) is 24.1 Å². The molecule has 0 bridgehead atoms. The summed E-state index contributed by atoms with van der Waals surface area (Å²) in [6, 6.07) is 9.07. The Balaban J connectivity index is 1.36. The quantitative estimate of drug-likeness (QED) is 0.440. The van der Waals surface area contributed by atoms with Gasteiger partial charge in [-0.3, -0.25) is 19.7 Å². The molecule has 176 valence electrons. The smallest absolute Gasteiger partial charge is 0.295 e. The van der Waals surface area contributed by atoms with Gasteiger partial charge in [0.1, 0.15) is 24.2 Å². The third kappa shape index (κ3) is 4.92. The first kappa shape index (κ1) is 23.0. The van der Waals surface area contributed by atoms with Crippen molar-refractivity contribution in [1.82, 2.24) is 25.0 Å². The van der Waals surface area contributed by atoms with Crippen LogP contribution in [0.1, 0.15) is 34.3 Å². The number of aromatic nitrogens is 3. The number of nitro benzene ring substituents is 1. The van der Waals surface area contributed by atoms with Crippen LogP contribution >= 0.6 is 0 Å². The highest BCUT2D eigenvalue weighted by molar-refractivity contribution is 5.95. The Kier molecular flexibility index (Phi) is 6.62. The molecule has 2 heterocycles.